The molecule has 0 amide bonds. The van der Waals surface area contributed by atoms with Crippen molar-refractivity contribution < 1.29 is 4.79 Å². The summed E-state index contributed by atoms with van der Waals surface area (Å²) in [6.07, 6.45) is 14.8. The third-order valence-corrected chi connectivity index (χ3v) is 5.69. The zero-order chi connectivity index (χ0) is 12.2. The molecule has 1 atom stereocenters. The van der Waals surface area contributed by atoms with Crippen molar-refractivity contribution in [2.75, 3.05) is 0 Å². The molecule has 1 aromatic heterocycles. The fourth-order valence-electron chi connectivity index (χ4n) is 5.50. The fourth-order valence-corrected chi connectivity index (χ4v) is 5.50. The van der Waals surface area contributed by atoms with Gasteiger partial charge in [0.15, 0.2) is 0 Å². The standard InChI is InChI=1S/C15H20N2O.ClH/c18-9-14(17-2-1-16-10-17)15-6-11-3-12(7-15)5-13(4-11)8-15;/h1-2,9-14H,3-8H2;1H. The molecule has 0 spiro atoms. The van der Waals surface area contributed by atoms with E-state index in [2.05, 4.69) is 4.98 Å². The van der Waals surface area contributed by atoms with Gasteiger partial charge in [-0.1, -0.05) is 0 Å². The average molecular weight is 281 g/mol. The van der Waals surface area contributed by atoms with Crippen LogP contribution in [0.2, 0.25) is 0 Å². The van der Waals surface area contributed by atoms with Crippen LogP contribution >= 0.6 is 12.4 Å². The molecule has 3 nitrogen and oxygen atoms in total. The highest BCUT2D eigenvalue weighted by Gasteiger charge is 2.54. The number of imidazole rings is 1. The van der Waals surface area contributed by atoms with Gasteiger partial charge in [0.1, 0.15) is 6.29 Å². The van der Waals surface area contributed by atoms with E-state index in [0.29, 0.717) is 0 Å². The van der Waals surface area contributed by atoms with Crippen LogP contribution in [-0.2, 0) is 4.79 Å². The van der Waals surface area contributed by atoms with E-state index in [-0.39, 0.29) is 23.9 Å². The van der Waals surface area contributed by atoms with Gasteiger partial charge in [0, 0.05) is 12.4 Å². The summed E-state index contributed by atoms with van der Waals surface area (Å²) in [4.78, 5) is 15.8. The van der Waals surface area contributed by atoms with Gasteiger partial charge in [-0.3, -0.25) is 0 Å². The molecule has 19 heavy (non-hydrogen) atoms. The molecule has 0 aliphatic heterocycles. The highest BCUT2D eigenvalue weighted by Crippen LogP contribution is 2.63. The summed E-state index contributed by atoms with van der Waals surface area (Å²) >= 11 is 0. The molecule has 4 aliphatic rings. The molecule has 104 valence electrons. The Hall–Kier alpha value is -0.830. The van der Waals surface area contributed by atoms with Gasteiger partial charge < -0.3 is 9.36 Å². The quantitative estimate of drug-likeness (QED) is 0.797. The van der Waals surface area contributed by atoms with Crippen LogP contribution < -0.4 is 0 Å². The van der Waals surface area contributed by atoms with E-state index in [1.165, 1.54) is 44.8 Å². The maximum Gasteiger partial charge on any atom is 0.143 e. The van der Waals surface area contributed by atoms with Crippen molar-refractivity contribution in [2.45, 2.75) is 44.6 Å². The average Bonchev–Trinajstić information content (AvgIpc) is 2.81. The van der Waals surface area contributed by atoms with E-state index in [4.69, 9.17) is 0 Å². The van der Waals surface area contributed by atoms with E-state index in [1.54, 1.807) is 6.20 Å². The molecule has 1 aromatic rings. The highest BCUT2D eigenvalue weighted by molar-refractivity contribution is 5.85. The zero-order valence-electron chi connectivity index (χ0n) is 11.1. The van der Waals surface area contributed by atoms with Crippen LogP contribution in [0, 0.1) is 23.2 Å². The molecule has 5 rings (SSSR count). The molecular formula is C15H21ClN2O. The molecule has 1 heterocycles. The summed E-state index contributed by atoms with van der Waals surface area (Å²) in [6.45, 7) is 0. The van der Waals surface area contributed by atoms with Crippen LogP contribution in [0.3, 0.4) is 0 Å². The summed E-state index contributed by atoms with van der Waals surface area (Å²) in [5.41, 5.74) is 0.247. The minimum atomic E-state index is 0. The summed E-state index contributed by atoms with van der Waals surface area (Å²) in [5, 5.41) is 0. The molecule has 1 unspecified atom stereocenters. The number of nitrogens with zero attached hydrogens (tertiary/aromatic N) is 2. The van der Waals surface area contributed by atoms with E-state index in [9.17, 15) is 4.79 Å². The van der Waals surface area contributed by atoms with Gasteiger partial charge in [-0.15, -0.1) is 12.4 Å². The molecule has 0 saturated heterocycles. The Morgan fingerprint density at radius 3 is 2.16 bits per heavy atom. The predicted octanol–water partition coefficient (Wildman–Crippen LogP) is 3.26. The maximum absolute atomic E-state index is 11.7. The molecule has 4 fully saturated rings. The minimum Gasteiger partial charge on any atom is -0.327 e. The first kappa shape index (κ1) is 13.2. The topological polar surface area (TPSA) is 34.9 Å². The largest absolute Gasteiger partial charge is 0.327 e. The maximum atomic E-state index is 11.7. The second-order valence-corrected chi connectivity index (χ2v) is 6.87. The van der Waals surface area contributed by atoms with Crippen molar-refractivity contribution in [2.24, 2.45) is 23.2 Å². The Bertz CT molecular complexity index is 421. The van der Waals surface area contributed by atoms with Crippen LogP contribution in [0.1, 0.15) is 44.6 Å². The molecule has 0 aromatic carbocycles. The number of carbonyl (C=O) groups excluding carboxylic acids is 1. The number of hydrogen-bond donors (Lipinski definition) is 0. The zero-order valence-corrected chi connectivity index (χ0v) is 11.9. The summed E-state index contributed by atoms with van der Waals surface area (Å²) in [6, 6.07) is 0.0217. The van der Waals surface area contributed by atoms with E-state index in [0.717, 1.165) is 17.8 Å². The van der Waals surface area contributed by atoms with Crippen molar-refractivity contribution in [3.63, 3.8) is 0 Å². The summed E-state index contributed by atoms with van der Waals surface area (Å²) in [5.74, 6) is 2.67. The Labute approximate surface area is 120 Å². The van der Waals surface area contributed by atoms with Gasteiger partial charge in [0.05, 0.1) is 12.4 Å². The summed E-state index contributed by atoms with van der Waals surface area (Å²) in [7, 11) is 0. The van der Waals surface area contributed by atoms with Gasteiger partial charge in [-0.2, -0.15) is 0 Å². The Kier molecular flexibility index (Phi) is 3.20. The lowest BCUT2D eigenvalue weighted by atomic mass is 9.48. The van der Waals surface area contributed by atoms with Gasteiger partial charge in [-0.25, -0.2) is 4.98 Å². The van der Waals surface area contributed by atoms with Crippen molar-refractivity contribution in [1.29, 1.82) is 0 Å². The van der Waals surface area contributed by atoms with Crippen molar-refractivity contribution in [3.05, 3.63) is 18.7 Å². The normalized spacial score (nSPS) is 40.7. The van der Waals surface area contributed by atoms with Crippen LogP contribution in [-0.4, -0.2) is 15.8 Å². The predicted molar refractivity (Wildman–Crippen MR) is 75.2 cm³/mol. The number of aldehydes is 1. The smallest absolute Gasteiger partial charge is 0.143 e. The van der Waals surface area contributed by atoms with Crippen LogP contribution in [0.5, 0.6) is 0 Å². The number of hydrogen-bond acceptors (Lipinski definition) is 2. The van der Waals surface area contributed by atoms with Gasteiger partial charge in [-0.05, 0) is 61.7 Å². The Morgan fingerprint density at radius 1 is 1.16 bits per heavy atom. The fraction of sp³-hybridized carbons (Fsp3) is 0.733. The monoisotopic (exact) mass is 280 g/mol. The summed E-state index contributed by atoms with van der Waals surface area (Å²) < 4.78 is 2.04. The SMILES string of the molecule is Cl.O=CC(n1ccnc1)C12CC3CC(CC(C3)C1)C2. The van der Waals surface area contributed by atoms with Gasteiger partial charge >= 0.3 is 0 Å². The molecule has 0 radical (unpaired) electrons. The lowest BCUT2D eigenvalue weighted by Gasteiger charge is -2.58. The number of rotatable bonds is 3. The number of aromatic nitrogens is 2. The first-order valence-electron chi connectivity index (χ1n) is 7.22. The lowest BCUT2D eigenvalue weighted by molar-refractivity contribution is -0.125. The van der Waals surface area contributed by atoms with Gasteiger partial charge in [0.2, 0.25) is 0 Å². The molecule has 4 saturated carbocycles. The Balaban J connectivity index is 0.00000110. The van der Waals surface area contributed by atoms with Crippen molar-refractivity contribution >= 4 is 18.7 Å². The second kappa shape index (κ2) is 4.62. The molecular weight excluding hydrogens is 260 g/mol. The van der Waals surface area contributed by atoms with Gasteiger partial charge in [0.25, 0.3) is 0 Å². The minimum absolute atomic E-state index is 0. The van der Waals surface area contributed by atoms with E-state index >= 15 is 0 Å². The van der Waals surface area contributed by atoms with Crippen molar-refractivity contribution in [1.82, 2.24) is 9.55 Å². The van der Waals surface area contributed by atoms with Crippen LogP contribution in [0.4, 0.5) is 0 Å². The third-order valence-electron chi connectivity index (χ3n) is 5.69. The molecule has 4 bridgehead atoms. The first-order chi connectivity index (χ1) is 8.79. The lowest BCUT2D eigenvalue weighted by Crippen LogP contribution is -2.50. The highest BCUT2D eigenvalue weighted by atomic mass is 35.5. The first-order valence-corrected chi connectivity index (χ1v) is 7.22. The van der Waals surface area contributed by atoms with E-state index < -0.39 is 0 Å². The molecule has 4 heteroatoms. The van der Waals surface area contributed by atoms with Crippen molar-refractivity contribution in [3.8, 4) is 0 Å². The van der Waals surface area contributed by atoms with Crippen LogP contribution in [0.15, 0.2) is 18.7 Å². The van der Waals surface area contributed by atoms with Crippen LogP contribution in [0.25, 0.3) is 0 Å². The van der Waals surface area contributed by atoms with E-state index in [1.807, 2.05) is 17.1 Å². The third kappa shape index (κ3) is 1.94. The Morgan fingerprint density at radius 2 is 1.74 bits per heavy atom. The number of halogens is 1. The number of carbonyl (C=O) groups is 1. The second-order valence-electron chi connectivity index (χ2n) is 6.87. The molecule has 0 N–H and O–H groups in total. The molecule has 4 aliphatic carbocycles.